The lowest BCUT2D eigenvalue weighted by atomic mass is 10.1. The van der Waals surface area contributed by atoms with Crippen molar-refractivity contribution in [1.82, 2.24) is 5.32 Å². The highest BCUT2D eigenvalue weighted by atomic mass is 32.1. The Bertz CT molecular complexity index is 540. The molecule has 2 rings (SSSR count). The lowest BCUT2D eigenvalue weighted by Gasteiger charge is -2.15. The van der Waals surface area contributed by atoms with Crippen molar-refractivity contribution in [3.05, 3.63) is 46.2 Å². The molecular formula is C17H23NO2S. The smallest absolute Gasteiger partial charge is 0.160 e. The normalized spacial score (nSPS) is 12.1. The first-order chi connectivity index (χ1) is 10.2. The first kappa shape index (κ1) is 15.9. The van der Waals surface area contributed by atoms with Gasteiger partial charge in [0, 0.05) is 6.04 Å². The van der Waals surface area contributed by atoms with Crippen molar-refractivity contribution in [2.75, 3.05) is 20.8 Å². The molecule has 3 nitrogen and oxygen atoms in total. The Hall–Kier alpha value is -1.52. The lowest BCUT2D eigenvalue weighted by Crippen LogP contribution is -2.29. The molecule has 1 unspecified atom stereocenters. The van der Waals surface area contributed by atoms with Gasteiger partial charge in [0.1, 0.15) is 0 Å². The highest BCUT2D eigenvalue weighted by Crippen LogP contribution is 2.27. The molecule has 0 fully saturated rings. The van der Waals surface area contributed by atoms with Gasteiger partial charge in [-0.25, -0.2) is 0 Å². The largest absolute Gasteiger partial charge is 0.493 e. The van der Waals surface area contributed by atoms with Crippen molar-refractivity contribution in [2.45, 2.75) is 25.8 Å². The van der Waals surface area contributed by atoms with Gasteiger partial charge in [-0.2, -0.15) is 11.3 Å². The van der Waals surface area contributed by atoms with Crippen LogP contribution in [-0.4, -0.2) is 26.8 Å². The summed E-state index contributed by atoms with van der Waals surface area (Å²) in [7, 11) is 3.33. The van der Waals surface area contributed by atoms with Gasteiger partial charge in [0.25, 0.3) is 0 Å². The molecule has 0 aliphatic heterocycles. The van der Waals surface area contributed by atoms with E-state index in [2.05, 4.69) is 41.2 Å². The van der Waals surface area contributed by atoms with Crippen LogP contribution < -0.4 is 14.8 Å². The van der Waals surface area contributed by atoms with Crippen LogP contribution in [0, 0.1) is 0 Å². The molecule has 4 heteroatoms. The predicted octanol–water partition coefficient (Wildman–Crippen LogP) is 3.53. The summed E-state index contributed by atoms with van der Waals surface area (Å²) in [5, 5.41) is 7.90. The second kappa shape index (κ2) is 8.05. The van der Waals surface area contributed by atoms with Crippen LogP contribution in [0.1, 0.15) is 18.1 Å². The number of rotatable bonds is 8. The minimum absolute atomic E-state index is 0.432. The van der Waals surface area contributed by atoms with E-state index >= 15 is 0 Å². The van der Waals surface area contributed by atoms with Gasteiger partial charge in [-0.05, 0) is 66.4 Å². The molecule has 1 heterocycles. The number of hydrogen-bond acceptors (Lipinski definition) is 4. The van der Waals surface area contributed by atoms with Crippen LogP contribution in [0.25, 0.3) is 0 Å². The van der Waals surface area contributed by atoms with Crippen molar-refractivity contribution in [3.8, 4) is 11.5 Å². The molecule has 21 heavy (non-hydrogen) atoms. The molecule has 1 N–H and O–H groups in total. The summed E-state index contributed by atoms with van der Waals surface area (Å²) in [6, 6.07) is 8.73. The number of methoxy groups -OCH3 is 2. The average Bonchev–Trinajstić information content (AvgIpc) is 3.00. The Morgan fingerprint density at radius 2 is 1.90 bits per heavy atom. The summed E-state index contributed by atoms with van der Waals surface area (Å²) in [5.41, 5.74) is 2.66. The van der Waals surface area contributed by atoms with Crippen molar-refractivity contribution >= 4 is 11.3 Å². The first-order valence-corrected chi connectivity index (χ1v) is 8.12. The third kappa shape index (κ3) is 4.76. The van der Waals surface area contributed by atoms with Gasteiger partial charge in [0.15, 0.2) is 11.5 Å². The van der Waals surface area contributed by atoms with E-state index in [-0.39, 0.29) is 0 Å². The molecule has 0 radical (unpaired) electrons. The Morgan fingerprint density at radius 3 is 2.57 bits per heavy atom. The first-order valence-electron chi connectivity index (χ1n) is 7.18. The van der Waals surface area contributed by atoms with Crippen molar-refractivity contribution in [2.24, 2.45) is 0 Å². The van der Waals surface area contributed by atoms with Gasteiger partial charge in [-0.15, -0.1) is 0 Å². The Labute approximate surface area is 130 Å². The fourth-order valence-electron chi connectivity index (χ4n) is 2.33. The van der Waals surface area contributed by atoms with Gasteiger partial charge in [-0.3, -0.25) is 0 Å². The molecule has 0 amide bonds. The number of benzene rings is 1. The minimum atomic E-state index is 0.432. The van der Waals surface area contributed by atoms with Gasteiger partial charge in [-0.1, -0.05) is 6.07 Å². The third-order valence-electron chi connectivity index (χ3n) is 3.48. The number of hydrogen-bond donors (Lipinski definition) is 1. The van der Waals surface area contributed by atoms with E-state index in [0.29, 0.717) is 6.04 Å². The van der Waals surface area contributed by atoms with Crippen molar-refractivity contribution in [3.63, 3.8) is 0 Å². The zero-order valence-corrected chi connectivity index (χ0v) is 13.7. The van der Waals surface area contributed by atoms with Crippen LogP contribution in [0.2, 0.25) is 0 Å². The van der Waals surface area contributed by atoms with Crippen LogP contribution in [0.3, 0.4) is 0 Å². The molecule has 114 valence electrons. The molecule has 2 aromatic rings. The van der Waals surface area contributed by atoms with E-state index in [0.717, 1.165) is 30.9 Å². The summed E-state index contributed by atoms with van der Waals surface area (Å²) < 4.78 is 10.6. The number of ether oxygens (including phenoxy) is 2. The number of thiophene rings is 1. The van der Waals surface area contributed by atoms with Crippen LogP contribution in [0.4, 0.5) is 0 Å². The van der Waals surface area contributed by atoms with E-state index in [1.54, 1.807) is 25.6 Å². The fraction of sp³-hybridized carbons (Fsp3) is 0.412. The SMILES string of the molecule is COc1ccc(CC(C)NCCc2ccsc2)cc1OC. The van der Waals surface area contributed by atoms with Crippen LogP contribution >= 0.6 is 11.3 Å². The number of nitrogens with one attached hydrogen (secondary N) is 1. The molecule has 1 atom stereocenters. The Kier molecular flexibility index (Phi) is 6.08. The van der Waals surface area contributed by atoms with Gasteiger partial charge < -0.3 is 14.8 Å². The Morgan fingerprint density at radius 1 is 1.10 bits per heavy atom. The topological polar surface area (TPSA) is 30.5 Å². The monoisotopic (exact) mass is 305 g/mol. The van der Waals surface area contributed by atoms with E-state index in [9.17, 15) is 0 Å². The summed E-state index contributed by atoms with van der Waals surface area (Å²) in [5.74, 6) is 1.57. The molecule has 0 saturated heterocycles. The highest BCUT2D eigenvalue weighted by molar-refractivity contribution is 7.07. The lowest BCUT2D eigenvalue weighted by molar-refractivity contribution is 0.354. The summed E-state index contributed by atoms with van der Waals surface area (Å²) in [6.07, 6.45) is 2.06. The second-order valence-electron chi connectivity index (χ2n) is 5.13. The van der Waals surface area contributed by atoms with E-state index in [1.165, 1.54) is 11.1 Å². The summed E-state index contributed by atoms with van der Waals surface area (Å²) in [4.78, 5) is 0. The van der Waals surface area contributed by atoms with Crippen molar-refractivity contribution in [1.29, 1.82) is 0 Å². The van der Waals surface area contributed by atoms with Gasteiger partial charge in [0.2, 0.25) is 0 Å². The maximum absolute atomic E-state index is 5.34. The molecule has 0 bridgehead atoms. The van der Waals surface area contributed by atoms with Crippen LogP contribution in [0.15, 0.2) is 35.0 Å². The van der Waals surface area contributed by atoms with Crippen LogP contribution in [0.5, 0.6) is 11.5 Å². The summed E-state index contributed by atoms with van der Waals surface area (Å²) >= 11 is 1.76. The quantitative estimate of drug-likeness (QED) is 0.809. The van der Waals surface area contributed by atoms with Crippen LogP contribution in [-0.2, 0) is 12.8 Å². The zero-order valence-electron chi connectivity index (χ0n) is 12.9. The molecule has 1 aromatic carbocycles. The maximum atomic E-state index is 5.34. The van der Waals surface area contributed by atoms with Gasteiger partial charge >= 0.3 is 0 Å². The standard InChI is InChI=1S/C17H23NO2S/c1-13(18-8-6-14-7-9-21-12-14)10-15-4-5-16(19-2)17(11-15)20-3/h4-5,7,9,11-13,18H,6,8,10H2,1-3H3. The fourth-order valence-corrected chi connectivity index (χ4v) is 3.03. The van der Waals surface area contributed by atoms with Crippen molar-refractivity contribution < 1.29 is 9.47 Å². The molecule has 0 saturated carbocycles. The minimum Gasteiger partial charge on any atom is -0.493 e. The molecule has 0 spiro atoms. The van der Waals surface area contributed by atoms with Gasteiger partial charge in [0.05, 0.1) is 14.2 Å². The van der Waals surface area contributed by atoms with E-state index in [1.807, 2.05) is 6.07 Å². The predicted molar refractivity (Wildman–Crippen MR) is 88.7 cm³/mol. The third-order valence-corrected chi connectivity index (χ3v) is 4.21. The average molecular weight is 305 g/mol. The highest BCUT2D eigenvalue weighted by Gasteiger charge is 2.08. The molecular weight excluding hydrogens is 282 g/mol. The molecule has 1 aromatic heterocycles. The molecule has 0 aliphatic rings. The zero-order chi connectivity index (χ0) is 15.1. The maximum Gasteiger partial charge on any atom is 0.160 e. The van der Waals surface area contributed by atoms with E-state index in [4.69, 9.17) is 9.47 Å². The Balaban J connectivity index is 1.83. The molecule has 0 aliphatic carbocycles. The summed E-state index contributed by atoms with van der Waals surface area (Å²) in [6.45, 7) is 3.22. The second-order valence-corrected chi connectivity index (χ2v) is 5.91. The van der Waals surface area contributed by atoms with E-state index < -0.39 is 0 Å².